The van der Waals surface area contributed by atoms with Crippen LogP contribution in [0.25, 0.3) is 0 Å². The molecule has 4 rings (SSSR count). The van der Waals surface area contributed by atoms with E-state index < -0.39 is 0 Å². The molecule has 1 fully saturated rings. The minimum Gasteiger partial charge on any atom is -0.508 e. The summed E-state index contributed by atoms with van der Waals surface area (Å²) in [5, 5.41) is 9.94. The third-order valence-corrected chi connectivity index (χ3v) is 6.44. The van der Waals surface area contributed by atoms with E-state index >= 15 is 0 Å². The van der Waals surface area contributed by atoms with E-state index in [1.165, 1.54) is 22.4 Å². The van der Waals surface area contributed by atoms with E-state index in [1.54, 1.807) is 0 Å². The third-order valence-electron chi connectivity index (χ3n) is 6.44. The summed E-state index contributed by atoms with van der Waals surface area (Å²) in [6.07, 6.45) is 5.25. The maximum absolute atomic E-state index is 12.2. The SMILES string of the molecule is CN(C)c1cccc(C[C@@]23CCC(=O)C[C@H]2CCc2cc(O)ccc23)c1. The molecule has 2 aliphatic carbocycles. The van der Waals surface area contributed by atoms with E-state index in [2.05, 4.69) is 49.3 Å². The van der Waals surface area contributed by atoms with Crippen LogP contribution in [0.1, 0.15) is 42.4 Å². The molecule has 2 atom stereocenters. The highest BCUT2D eigenvalue weighted by Gasteiger charge is 2.47. The Balaban J connectivity index is 1.79. The van der Waals surface area contributed by atoms with E-state index in [9.17, 15) is 9.90 Å². The van der Waals surface area contributed by atoms with Gasteiger partial charge in [0.2, 0.25) is 0 Å². The van der Waals surface area contributed by atoms with E-state index in [-0.39, 0.29) is 5.41 Å². The molecule has 2 aromatic rings. The summed E-state index contributed by atoms with van der Waals surface area (Å²) in [7, 11) is 4.14. The third kappa shape index (κ3) is 2.90. The van der Waals surface area contributed by atoms with Crippen LogP contribution in [0.15, 0.2) is 42.5 Å². The maximum Gasteiger partial charge on any atom is 0.133 e. The van der Waals surface area contributed by atoms with Crippen LogP contribution in [-0.2, 0) is 23.1 Å². The number of aryl methyl sites for hydroxylation is 1. The van der Waals surface area contributed by atoms with Crippen molar-refractivity contribution >= 4 is 11.5 Å². The number of anilines is 1. The zero-order valence-corrected chi connectivity index (χ0v) is 15.7. The number of hydrogen-bond donors (Lipinski definition) is 1. The summed E-state index contributed by atoms with van der Waals surface area (Å²) < 4.78 is 0. The highest BCUT2D eigenvalue weighted by atomic mass is 16.3. The van der Waals surface area contributed by atoms with Crippen LogP contribution in [-0.4, -0.2) is 25.0 Å². The summed E-state index contributed by atoms with van der Waals surface area (Å²) >= 11 is 0. The molecule has 1 saturated carbocycles. The van der Waals surface area contributed by atoms with Crippen LogP contribution in [0, 0.1) is 5.92 Å². The van der Waals surface area contributed by atoms with Crippen molar-refractivity contribution < 1.29 is 9.90 Å². The number of ketones is 1. The fraction of sp³-hybridized carbons (Fsp3) is 0.435. The number of carbonyl (C=O) groups excluding carboxylic acids is 1. The zero-order valence-electron chi connectivity index (χ0n) is 15.7. The largest absolute Gasteiger partial charge is 0.508 e. The average molecular weight is 349 g/mol. The molecule has 0 aliphatic heterocycles. The second-order valence-corrected chi connectivity index (χ2v) is 8.22. The molecule has 0 heterocycles. The Morgan fingerprint density at radius 2 is 2.00 bits per heavy atom. The van der Waals surface area contributed by atoms with Gasteiger partial charge in [0, 0.05) is 38.0 Å². The molecule has 136 valence electrons. The van der Waals surface area contributed by atoms with Crippen molar-refractivity contribution in [2.45, 2.75) is 43.9 Å². The minimum atomic E-state index is 0.0140. The number of phenolic OH excluding ortho intramolecular Hbond substituents is 1. The standard InChI is InChI=1S/C23H27NO2/c1-24(2)19-5-3-4-16(12-19)15-23-11-10-21(26)14-18(23)7-6-17-13-20(25)8-9-22(17)23/h3-5,8-9,12-13,18,25H,6-7,10-11,14-15H2,1-2H3/t18-,23+/m1/s1. The van der Waals surface area contributed by atoms with Gasteiger partial charge in [-0.15, -0.1) is 0 Å². The number of aromatic hydroxyl groups is 1. The highest BCUT2D eigenvalue weighted by Crippen LogP contribution is 2.51. The number of hydrogen-bond acceptors (Lipinski definition) is 3. The Bertz CT molecular complexity index is 842. The van der Waals surface area contributed by atoms with Crippen molar-refractivity contribution in [1.82, 2.24) is 0 Å². The Labute approximate surface area is 155 Å². The number of phenols is 1. The fourth-order valence-corrected chi connectivity index (χ4v) is 5.11. The van der Waals surface area contributed by atoms with Crippen LogP contribution in [0.4, 0.5) is 5.69 Å². The van der Waals surface area contributed by atoms with Crippen molar-refractivity contribution in [2.24, 2.45) is 5.92 Å². The molecule has 2 aliphatic rings. The van der Waals surface area contributed by atoms with Crippen LogP contribution in [0.3, 0.4) is 0 Å². The smallest absolute Gasteiger partial charge is 0.133 e. The predicted molar refractivity (Wildman–Crippen MR) is 105 cm³/mol. The Morgan fingerprint density at radius 3 is 2.81 bits per heavy atom. The van der Waals surface area contributed by atoms with Gasteiger partial charge in [-0.1, -0.05) is 18.2 Å². The summed E-state index contributed by atoms with van der Waals surface area (Å²) in [6.45, 7) is 0. The Morgan fingerprint density at radius 1 is 1.15 bits per heavy atom. The van der Waals surface area contributed by atoms with Crippen LogP contribution >= 0.6 is 0 Å². The lowest BCUT2D eigenvalue weighted by Gasteiger charge is -2.48. The molecule has 2 aromatic carbocycles. The van der Waals surface area contributed by atoms with Gasteiger partial charge in [0.1, 0.15) is 11.5 Å². The predicted octanol–water partition coefficient (Wildman–Crippen LogP) is 4.25. The monoisotopic (exact) mass is 349 g/mol. The van der Waals surface area contributed by atoms with Gasteiger partial charge in [-0.25, -0.2) is 0 Å². The van der Waals surface area contributed by atoms with Crippen molar-refractivity contribution in [3.63, 3.8) is 0 Å². The van der Waals surface area contributed by atoms with Crippen molar-refractivity contribution in [1.29, 1.82) is 0 Å². The first-order valence-electron chi connectivity index (χ1n) is 9.58. The first kappa shape index (κ1) is 17.1. The van der Waals surface area contributed by atoms with Crippen molar-refractivity contribution in [3.05, 3.63) is 59.2 Å². The molecule has 0 spiro atoms. The topological polar surface area (TPSA) is 40.5 Å². The van der Waals surface area contributed by atoms with Gasteiger partial charge in [-0.3, -0.25) is 4.79 Å². The number of carbonyl (C=O) groups is 1. The summed E-state index contributed by atoms with van der Waals surface area (Å²) in [5.74, 6) is 1.16. The molecule has 0 unspecified atom stereocenters. The van der Waals surface area contributed by atoms with E-state index in [4.69, 9.17) is 0 Å². The van der Waals surface area contributed by atoms with Crippen molar-refractivity contribution in [3.8, 4) is 5.75 Å². The Kier molecular flexibility index (Phi) is 4.26. The molecule has 0 aromatic heterocycles. The molecule has 1 N–H and O–H groups in total. The quantitative estimate of drug-likeness (QED) is 0.900. The second kappa shape index (κ2) is 6.46. The molecule has 3 nitrogen and oxygen atoms in total. The molecule has 0 radical (unpaired) electrons. The van der Waals surface area contributed by atoms with Gasteiger partial charge in [0.15, 0.2) is 0 Å². The first-order valence-corrected chi connectivity index (χ1v) is 9.58. The minimum absolute atomic E-state index is 0.0140. The Hall–Kier alpha value is -2.29. The number of nitrogens with zero attached hydrogens (tertiary/aromatic N) is 1. The lowest BCUT2D eigenvalue weighted by atomic mass is 9.55. The maximum atomic E-state index is 12.2. The molecular weight excluding hydrogens is 322 g/mol. The average Bonchev–Trinajstić information content (AvgIpc) is 2.62. The normalized spacial score (nSPS) is 24.7. The lowest BCUT2D eigenvalue weighted by molar-refractivity contribution is -0.123. The molecule has 0 bridgehead atoms. The summed E-state index contributed by atoms with van der Waals surface area (Å²) in [5.41, 5.74) is 5.18. The van der Waals surface area contributed by atoms with Crippen LogP contribution < -0.4 is 4.90 Å². The van der Waals surface area contributed by atoms with Gasteiger partial charge in [0.25, 0.3) is 0 Å². The van der Waals surface area contributed by atoms with Crippen molar-refractivity contribution in [2.75, 3.05) is 19.0 Å². The van der Waals surface area contributed by atoms with Gasteiger partial charge >= 0.3 is 0 Å². The molecule has 3 heteroatoms. The molecule has 0 amide bonds. The number of fused-ring (bicyclic) bond motifs is 3. The van der Waals surface area contributed by atoms with Crippen LogP contribution in [0.5, 0.6) is 5.75 Å². The molecule has 0 saturated heterocycles. The lowest BCUT2D eigenvalue weighted by Crippen LogP contribution is -2.45. The van der Waals surface area contributed by atoms with E-state index in [0.29, 0.717) is 30.3 Å². The summed E-state index contributed by atoms with van der Waals surface area (Å²) in [4.78, 5) is 14.3. The second-order valence-electron chi connectivity index (χ2n) is 8.22. The highest BCUT2D eigenvalue weighted by molar-refractivity contribution is 5.80. The van der Waals surface area contributed by atoms with E-state index in [0.717, 1.165) is 25.7 Å². The molecular formula is C23H27NO2. The van der Waals surface area contributed by atoms with Crippen LogP contribution in [0.2, 0.25) is 0 Å². The van der Waals surface area contributed by atoms with Gasteiger partial charge in [-0.05, 0) is 72.6 Å². The number of Topliss-reactive ketones (excluding diaryl/α,β-unsaturated/α-hetero) is 1. The number of rotatable bonds is 3. The van der Waals surface area contributed by atoms with E-state index in [1.807, 2.05) is 12.1 Å². The van der Waals surface area contributed by atoms with Gasteiger partial charge in [0.05, 0.1) is 0 Å². The van der Waals surface area contributed by atoms with Gasteiger partial charge in [-0.2, -0.15) is 0 Å². The van der Waals surface area contributed by atoms with Gasteiger partial charge < -0.3 is 10.0 Å². The molecule has 26 heavy (non-hydrogen) atoms. The summed E-state index contributed by atoms with van der Waals surface area (Å²) in [6, 6.07) is 14.6. The zero-order chi connectivity index (χ0) is 18.3. The first-order chi connectivity index (χ1) is 12.5. The number of benzene rings is 2. The fourth-order valence-electron chi connectivity index (χ4n) is 5.11.